The van der Waals surface area contributed by atoms with E-state index in [9.17, 15) is 9.59 Å². The molecular weight excluding hydrogens is 364 g/mol. The van der Waals surface area contributed by atoms with Crippen LogP contribution in [0.4, 0.5) is 0 Å². The van der Waals surface area contributed by atoms with Gasteiger partial charge in [-0.1, -0.05) is 0 Å². The quantitative estimate of drug-likeness (QED) is 0.812. The second-order valence-electron chi connectivity index (χ2n) is 7.88. The number of ether oxygens (including phenoxy) is 1. The van der Waals surface area contributed by atoms with Gasteiger partial charge >= 0.3 is 0 Å². The second kappa shape index (κ2) is 8.08. The van der Waals surface area contributed by atoms with E-state index in [0.29, 0.717) is 18.5 Å². The summed E-state index contributed by atoms with van der Waals surface area (Å²) in [6, 6.07) is 1.78. The van der Waals surface area contributed by atoms with E-state index in [4.69, 9.17) is 4.74 Å². The first-order valence-corrected chi connectivity index (χ1v) is 10.2. The summed E-state index contributed by atoms with van der Waals surface area (Å²) in [6.07, 6.45) is 2.16. The highest BCUT2D eigenvalue weighted by atomic mass is 32.1. The van der Waals surface area contributed by atoms with Gasteiger partial charge in [-0.15, -0.1) is 11.3 Å². The first-order valence-electron chi connectivity index (χ1n) is 9.36. The van der Waals surface area contributed by atoms with Crippen molar-refractivity contribution in [1.29, 1.82) is 0 Å². The molecule has 0 aromatic carbocycles. The number of carbonyl (C=O) groups excluding carboxylic acids is 1. The van der Waals surface area contributed by atoms with Crippen molar-refractivity contribution >= 4 is 27.5 Å². The average molecular weight is 393 g/mol. The molecule has 3 heterocycles. The number of aromatic nitrogens is 2. The molecule has 8 heteroatoms. The Hall–Kier alpha value is -1.77. The van der Waals surface area contributed by atoms with E-state index < -0.39 is 0 Å². The van der Waals surface area contributed by atoms with Gasteiger partial charge in [-0.05, 0) is 39.1 Å². The zero-order valence-electron chi connectivity index (χ0n) is 16.4. The minimum Gasteiger partial charge on any atom is -0.373 e. The van der Waals surface area contributed by atoms with Gasteiger partial charge in [-0.2, -0.15) is 0 Å². The monoisotopic (exact) mass is 392 g/mol. The number of amides is 1. The van der Waals surface area contributed by atoms with Crippen LogP contribution in [0.5, 0.6) is 0 Å². The third kappa shape index (κ3) is 4.75. The summed E-state index contributed by atoms with van der Waals surface area (Å²) in [5, 5.41) is 5.48. The molecular formula is C19H28N4O3S. The topological polar surface area (TPSA) is 76.5 Å². The van der Waals surface area contributed by atoms with Gasteiger partial charge < -0.3 is 10.1 Å². The van der Waals surface area contributed by atoms with Crippen LogP contribution in [0.3, 0.4) is 0 Å². The molecule has 27 heavy (non-hydrogen) atoms. The van der Waals surface area contributed by atoms with Crippen LogP contribution in [0.2, 0.25) is 0 Å². The molecule has 7 nitrogen and oxygen atoms in total. The fourth-order valence-electron chi connectivity index (χ4n) is 3.46. The highest BCUT2D eigenvalue weighted by Gasteiger charge is 2.33. The van der Waals surface area contributed by atoms with Gasteiger partial charge in [-0.3, -0.25) is 19.1 Å². The summed E-state index contributed by atoms with van der Waals surface area (Å²) in [6.45, 7) is 11.0. The average Bonchev–Trinajstić information content (AvgIpc) is 3.08. The van der Waals surface area contributed by atoms with Gasteiger partial charge in [0, 0.05) is 38.1 Å². The van der Waals surface area contributed by atoms with Crippen molar-refractivity contribution in [2.75, 3.05) is 19.6 Å². The van der Waals surface area contributed by atoms with Gasteiger partial charge in [-0.25, -0.2) is 4.98 Å². The van der Waals surface area contributed by atoms with E-state index >= 15 is 0 Å². The van der Waals surface area contributed by atoms with Crippen LogP contribution in [-0.4, -0.2) is 57.7 Å². The Morgan fingerprint density at radius 1 is 1.37 bits per heavy atom. The molecule has 1 N–H and O–H groups in total. The molecule has 0 radical (unpaired) electrons. The third-order valence-corrected chi connectivity index (χ3v) is 5.84. The number of carbonyl (C=O) groups is 1. The van der Waals surface area contributed by atoms with E-state index in [0.717, 1.165) is 17.9 Å². The molecule has 0 bridgehead atoms. The highest BCUT2D eigenvalue weighted by Crippen LogP contribution is 2.20. The number of nitrogens with zero attached hydrogens (tertiary/aromatic N) is 3. The van der Waals surface area contributed by atoms with Crippen molar-refractivity contribution in [2.45, 2.75) is 58.4 Å². The number of morpholine rings is 1. The number of fused-ring (bicyclic) bond motifs is 1. The van der Waals surface area contributed by atoms with Crippen LogP contribution in [0.25, 0.3) is 10.2 Å². The predicted octanol–water partition coefficient (Wildman–Crippen LogP) is 1.85. The molecule has 0 saturated carbocycles. The van der Waals surface area contributed by atoms with Crippen LogP contribution < -0.4 is 10.9 Å². The summed E-state index contributed by atoms with van der Waals surface area (Å²) >= 11 is 1.44. The Morgan fingerprint density at radius 3 is 2.78 bits per heavy atom. The van der Waals surface area contributed by atoms with Gasteiger partial charge in [0.1, 0.15) is 4.83 Å². The molecule has 3 rings (SSSR count). The molecule has 1 saturated heterocycles. The summed E-state index contributed by atoms with van der Waals surface area (Å²) in [5.41, 5.74) is -0.249. The SMILES string of the molecule is C[C@@H]1CN(C(C)(C)CNC(=O)CCn2cnc3sccc3c2=O)C[C@H](C)O1. The summed E-state index contributed by atoms with van der Waals surface area (Å²) in [5.74, 6) is -0.0604. The molecule has 0 aliphatic carbocycles. The van der Waals surface area contributed by atoms with Crippen LogP contribution in [0.1, 0.15) is 34.1 Å². The first-order chi connectivity index (χ1) is 12.8. The van der Waals surface area contributed by atoms with Crippen LogP contribution in [0, 0.1) is 0 Å². The van der Waals surface area contributed by atoms with Gasteiger partial charge in [0.25, 0.3) is 5.56 Å². The Kier molecular flexibility index (Phi) is 5.98. The van der Waals surface area contributed by atoms with Crippen LogP contribution in [0.15, 0.2) is 22.6 Å². The Morgan fingerprint density at radius 2 is 2.07 bits per heavy atom. The van der Waals surface area contributed by atoms with Crippen molar-refractivity contribution in [3.8, 4) is 0 Å². The lowest BCUT2D eigenvalue weighted by Crippen LogP contribution is -2.58. The number of thiophene rings is 1. The Balaban J connectivity index is 1.53. The maximum Gasteiger partial charge on any atom is 0.262 e. The lowest BCUT2D eigenvalue weighted by Gasteiger charge is -2.45. The highest BCUT2D eigenvalue weighted by molar-refractivity contribution is 7.16. The van der Waals surface area contributed by atoms with Crippen molar-refractivity contribution in [3.05, 3.63) is 28.1 Å². The molecule has 0 spiro atoms. The minimum atomic E-state index is -0.157. The smallest absolute Gasteiger partial charge is 0.262 e. The largest absolute Gasteiger partial charge is 0.373 e. The summed E-state index contributed by atoms with van der Waals surface area (Å²) < 4.78 is 7.30. The molecule has 2 aromatic rings. The Labute approximate surface area is 163 Å². The number of rotatable bonds is 6. The standard InChI is InChI=1S/C19H28N4O3S/c1-13-9-23(10-14(2)26-13)19(3,4)11-20-16(24)5-7-22-12-21-17-15(18(22)25)6-8-27-17/h6,8,12-14H,5,7,9-11H2,1-4H3,(H,20,24)/t13-,14+. The molecule has 0 unspecified atom stereocenters. The number of nitrogens with one attached hydrogen (secondary N) is 1. The van der Waals surface area contributed by atoms with Crippen molar-refractivity contribution in [2.24, 2.45) is 0 Å². The third-order valence-electron chi connectivity index (χ3n) is 5.02. The Bertz CT molecular complexity index is 850. The molecule has 2 aromatic heterocycles. The van der Waals surface area contributed by atoms with E-state index in [1.54, 1.807) is 6.07 Å². The van der Waals surface area contributed by atoms with Crippen molar-refractivity contribution in [1.82, 2.24) is 19.8 Å². The number of aryl methyl sites for hydroxylation is 1. The van der Waals surface area contributed by atoms with E-state index in [-0.39, 0.29) is 35.6 Å². The van der Waals surface area contributed by atoms with Gasteiger partial charge in [0.2, 0.25) is 5.91 Å². The lowest BCUT2D eigenvalue weighted by molar-refractivity contribution is -0.123. The minimum absolute atomic E-state index is 0.0604. The fraction of sp³-hybridized carbons (Fsp3) is 0.632. The summed E-state index contributed by atoms with van der Waals surface area (Å²) in [4.78, 5) is 32.0. The van der Waals surface area contributed by atoms with Crippen molar-refractivity contribution < 1.29 is 9.53 Å². The van der Waals surface area contributed by atoms with E-state index in [2.05, 4.69) is 42.9 Å². The fourth-order valence-corrected chi connectivity index (χ4v) is 4.19. The molecule has 1 fully saturated rings. The van der Waals surface area contributed by atoms with Gasteiger partial charge in [0.15, 0.2) is 0 Å². The lowest BCUT2D eigenvalue weighted by atomic mass is 10.00. The molecule has 1 aliphatic rings. The van der Waals surface area contributed by atoms with Crippen molar-refractivity contribution in [3.63, 3.8) is 0 Å². The van der Waals surface area contributed by atoms with E-state index in [1.165, 1.54) is 22.2 Å². The van der Waals surface area contributed by atoms with Crippen LogP contribution >= 0.6 is 11.3 Å². The number of hydrogen-bond acceptors (Lipinski definition) is 6. The zero-order valence-corrected chi connectivity index (χ0v) is 17.2. The first kappa shape index (κ1) is 20.0. The predicted molar refractivity (Wildman–Crippen MR) is 107 cm³/mol. The maximum atomic E-state index is 12.4. The maximum absolute atomic E-state index is 12.4. The van der Waals surface area contributed by atoms with Gasteiger partial charge in [0.05, 0.1) is 23.9 Å². The molecule has 148 valence electrons. The zero-order chi connectivity index (χ0) is 19.6. The molecule has 1 amide bonds. The molecule has 2 atom stereocenters. The van der Waals surface area contributed by atoms with E-state index in [1.807, 2.05) is 5.38 Å². The number of hydrogen-bond donors (Lipinski definition) is 1. The second-order valence-corrected chi connectivity index (χ2v) is 8.78. The normalized spacial score (nSPS) is 21.5. The summed E-state index contributed by atoms with van der Waals surface area (Å²) in [7, 11) is 0. The van der Waals surface area contributed by atoms with Crippen LogP contribution in [-0.2, 0) is 16.1 Å². The molecule has 1 aliphatic heterocycles.